The molecule has 6 N–H and O–H groups in total. The third kappa shape index (κ3) is 5.44. The second-order valence-corrected chi connectivity index (χ2v) is 4.83. The highest BCUT2D eigenvalue weighted by molar-refractivity contribution is 5.85. The van der Waals surface area contributed by atoms with Gasteiger partial charge in [-0.1, -0.05) is 40.5 Å². The molecule has 0 heterocycles. The molecule has 7 heteroatoms. The van der Waals surface area contributed by atoms with Crippen molar-refractivity contribution in [3.05, 3.63) is 0 Å². The van der Waals surface area contributed by atoms with Crippen LogP contribution in [0.2, 0.25) is 0 Å². The normalized spacial score (nSPS) is 18.3. The predicted octanol–water partition coefficient (Wildman–Crippen LogP) is 0.569. The van der Waals surface area contributed by atoms with E-state index in [1.54, 1.807) is 0 Å². The summed E-state index contributed by atoms with van der Waals surface area (Å²) >= 11 is 0. The van der Waals surface area contributed by atoms with Gasteiger partial charge in [-0.3, -0.25) is 4.79 Å². The van der Waals surface area contributed by atoms with Gasteiger partial charge in [0.25, 0.3) is 11.8 Å². The van der Waals surface area contributed by atoms with Crippen molar-refractivity contribution in [2.24, 2.45) is 28.5 Å². The molecule has 1 amide bonds. The van der Waals surface area contributed by atoms with Gasteiger partial charge in [-0.2, -0.15) is 5.48 Å². The number of carbonyl (C=O) groups excluding carboxylic acids is 1. The Kier molecular flexibility index (Phi) is 8.09. The lowest BCUT2D eigenvalue weighted by atomic mass is 10.00. The minimum absolute atomic E-state index is 0.0290. The van der Waals surface area contributed by atoms with Crippen LogP contribution < -0.4 is 16.9 Å². The first-order chi connectivity index (χ1) is 8.88. The number of oxime groups is 1. The first-order valence-corrected chi connectivity index (χ1v) is 6.58. The Bertz CT molecular complexity index is 309. The summed E-state index contributed by atoms with van der Waals surface area (Å²) in [5.74, 6) is -0.502. The molecule has 0 fully saturated rings. The van der Waals surface area contributed by atoms with Crippen LogP contribution in [0, 0.1) is 11.8 Å². The van der Waals surface area contributed by atoms with Crippen molar-refractivity contribution in [1.82, 2.24) is 5.48 Å². The largest absolute Gasteiger partial charge is 0.408 e. The Morgan fingerprint density at radius 1 is 1.21 bits per heavy atom. The van der Waals surface area contributed by atoms with Gasteiger partial charge in [0.1, 0.15) is 0 Å². The van der Waals surface area contributed by atoms with E-state index in [9.17, 15) is 4.79 Å². The smallest absolute Gasteiger partial charge is 0.274 e. The number of carbonyl (C=O) groups is 1. The maximum atomic E-state index is 11.7. The monoisotopic (exact) mass is 274 g/mol. The molecule has 0 saturated carbocycles. The highest BCUT2D eigenvalue weighted by Gasteiger charge is 2.24. The second-order valence-electron chi connectivity index (χ2n) is 4.83. The van der Waals surface area contributed by atoms with Crippen molar-refractivity contribution < 1.29 is 14.8 Å². The van der Waals surface area contributed by atoms with Crippen LogP contribution in [-0.2, 0) is 9.63 Å². The summed E-state index contributed by atoms with van der Waals surface area (Å²) in [6, 6.07) is -1.26. The summed E-state index contributed by atoms with van der Waals surface area (Å²) in [5.41, 5.74) is 13.7. The third-order valence-corrected chi connectivity index (χ3v) is 3.46. The summed E-state index contributed by atoms with van der Waals surface area (Å²) in [7, 11) is 0. The lowest BCUT2D eigenvalue weighted by Gasteiger charge is -2.21. The summed E-state index contributed by atoms with van der Waals surface area (Å²) < 4.78 is 0. The van der Waals surface area contributed by atoms with Crippen molar-refractivity contribution in [2.75, 3.05) is 0 Å². The average Bonchev–Trinajstić information content (AvgIpc) is 2.44. The van der Waals surface area contributed by atoms with Gasteiger partial charge in [0.05, 0.1) is 12.1 Å². The van der Waals surface area contributed by atoms with E-state index >= 15 is 0 Å². The molecule has 0 aliphatic rings. The zero-order valence-electron chi connectivity index (χ0n) is 12.1. The molecule has 0 unspecified atom stereocenters. The minimum Gasteiger partial charge on any atom is -0.408 e. The van der Waals surface area contributed by atoms with Gasteiger partial charge in [0.15, 0.2) is 0 Å². The molecule has 0 aliphatic heterocycles. The van der Waals surface area contributed by atoms with Gasteiger partial charge >= 0.3 is 0 Å². The molecule has 112 valence electrons. The van der Waals surface area contributed by atoms with Crippen LogP contribution in [-0.4, -0.2) is 29.1 Å². The van der Waals surface area contributed by atoms with E-state index in [0.29, 0.717) is 0 Å². The van der Waals surface area contributed by atoms with E-state index in [0.717, 1.165) is 12.8 Å². The average molecular weight is 274 g/mol. The van der Waals surface area contributed by atoms with Crippen molar-refractivity contribution in [3.8, 4) is 0 Å². The van der Waals surface area contributed by atoms with Crippen LogP contribution >= 0.6 is 0 Å². The number of hydroxylamine groups is 1. The quantitative estimate of drug-likeness (QED) is 0.244. The fourth-order valence-corrected chi connectivity index (χ4v) is 1.34. The third-order valence-electron chi connectivity index (χ3n) is 3.46. The molecule has 19 heavy (non-hydrogen) atoms. The van der Waals surface area contributed by atoms with E-state index in [1.807, 2.05) is 27.7 Å². The molecule has 0 rings (SSSR count). The molecule has 4 atom stereocenters. The number of hydrogen-bond donors (Lipinski definition) is 4. The van der Waals surface area contributed by atoms with Crippen molar-refractivity contribution in [3.63, 3.8) is 0 Å². The Morgan fingerprint density at radius 2 is 1.68 bits per heavy atom. The van der Waals surface area contributed by atoms with E-state index in [-0.39, 0.29) is 17.7 Å². The maximum absolute atomic E-state index is 11.7. The first-order valence-electron chi connectivity index (χ1n) is 6.58. The molecule has 0 aromatic carbocycles. The van der Waals surface area contributed by atoms with Crippen LogP contribution in [0.15, 0.2) is 5.16 Å². The molecule has 0 aliphatic carbocycles. The van der Waals surface area contributed by atoms with Crippen LogP contribution in [0.5, 0.6) is 0 Å². The Balaban J connectivity index is 4.41. The fraction of sp³-hybridized carbons (Fsp3) is 0.833. The SMILES string of the molecule is CC[C@H](C)[C@H](N)C(=O)NOC(=NO)[C@@H](N)[C@@H](C)CC. The number of nitrogens with zero attached hydrogens (tertiary/aromatic N) is 1. The van der Waals surface area contributed by atoms with E-state index in [1.165, 1.54) is 0 Å². The molecule has 0 bridgehead atoms. The molecule has 7 nitrogen and oxygen atoms in total. The van der Waals surface area contributed by atoms with Crippen LogP contribution in [0.25, 0.3) is 0 Å². The van der Waals surface area contributed by atoms with Crippen LogP contribution in [0.4, 0.5) is 0 Å². The highest BCUT2D eigenvalue weighted by atomic mass is 16.7. The first kappa shape index (κ1) is 17.7. The number of amides is 1. The second kappa shape index (κ2) is 8.71. The topological polar surface area (TPSA) is 123 Å². The maximum Gasteiger partial charge on any atom is 0.274 e. The zero-order chi connectivity index (χ0) is 15.0. The van der Waals surface area contributed by atoms with Gasteiger partial charge in [-0.25, -0.2) is 0 Å². The molecule has 0 saturated heterocycles. The van der Waals surface area contributed by atoms with Crippen molar-refractivity contribution in [1.29, 1.82) is 0 Å². The Morgan fingerprint density at radius 3 is 2.11 bits per heavy atom. The molecule has 0 aromatic rings. The van der Waals surface area contributed by atoms with E-state index in [2.05, 4.69) is 10.6 Å². The van der Waals surface area contributed by atoms with E-state index < -0.39 is 18.0 Å². The summed E-state index contributed by atoms with van der Waals surface area (Å²) in [5, 5.41) is 11.8. The van der Waals surface area contributed by atoms with Crippen LogP contribution in [0.1, 0.15) is 40.5 Å². The van der Waals surface area contributed by atoms with Gasteiger partial charge in [0, 0.05) is 0 Å². The van der Waals surface area contributed by atoms with Crippen LogP contribution in [0.3, 0.4) is 0 Å². The Labute approximate surface area is 114 Å². The van der Waals surface area contributed by atoms with Crippen molar-refractivity contribution >= 4 is 11.8 Å². The molecule has 0 radical (unpaired) electrons. The lowest BCUT2D eigenvalue weighted by molar-refractivity contribution is -0.131. The van der Waals surface area contributed by atoms with Crippen molar-refractivity contribution in [2.45, 2.75) is 52.6 Å². The number of nitrogens with two attached hydrogens (primary N) is 2. The molecule has 0 spiro atoms. The summed E-state index contributed by atoms with van der Waals surface area (Å²) in [6.07, 6.45) is 1.58. The van der Waals surface area contributed by atoms with Gasteiger partial charge in [0.2, 0.25) is 0 Å². The van der Waals surface area contributed by atoms with Gasteiger partial charge in [-0.05, 0) is 17.0 Å². The zero-order valence-corrected chi connectivity index (χ0v) is 12.1. The summed E-state index contributed by atoms with van der Waals surface area (Å²) in [6.45, 7) is 7.66. The van der Waals surface area contributed by atoms with Gasteiger partial charge < -0.3 is 21.5 Å². The number of nitrogens with one attached hydrogen (secondary N) is 1. The highest BCUT2D eigenvalue weighted by Crippen LogP contribution is 2.08. The fourth-order valence-electron chi connectivity index (χ4n) is 1.34. The van der Waals surface area contributed by atoms with E-state index in [4.69, 9.17) is 21.5 Å². The number of hydrogen-bond acceptors (Lipinski definition) is 6. The minimum atomic E-state index is -0.676. The summed E-state index contributed by atoms with van der Waals surface area (Å²) in [4.78, 5) is 16.6. The molecular weight excluding hydrogens is 248 g/mol. The number of rotatable bonds is 6. The standard InChI is InChI=1S/C12H26N4O3/c1-5-7(3)9(13)11(17)16-19-12(15-18)10(14)8(4)6-2/h7-10,18H,5-6,13-14H2,1-4H3,(H,16,17)/t7-,8-,9-,10-/m0/s1. The van der Waals surface area contributed by atoms with Gasteiger partial charge in [-0.15, -0.1) is 0 Å². The predicted molar refractivity (Wildman–Crippen MR) is 73.3 cm³/mol. The molecule has 0 aromatic heterocycles. The Hall–Kier alpha value is -1.34. The molecular formula is C12H26N4O3. The lowest BCUT2D eigenvalue weighted by Crippen LogP contribution is -2.48.